The van der Waals surface area contributed by atoms with Crippen molar-refractivity contribution in [3.63, 3.8) is 0 Å². The Balaban J connectivity index is 2.17. The van der Waals surface area contributed by atoms with Crippen LogP contribution in [0.5, 0.6) is 5.75 Å². The van der Waals surface area contributed by atoms with Crippen molar-refractivity contribution in [2.24, 2.45) is 0 Å². The van der Waals surface area contributed by atoms with Crippen molar-refractivity contribution in [2.75, 3.05) is 7.11 Å². The first-order valence-corrected chi connectivity index (χ1v) is 8.13. The third-order valence-corrected chi connectivity index (χ3v) is 4.58. The van der Waals surface area contributed by atoms with Crippen LogP contribution >= 0.6 is 11.6 Å². The van der Waals surface area contributed by atoms with E-state index in [1.807, 2.05) is 0 Å². The molecule has 1 heterocycles. The Bertz CT molecular complexity index is 701. The lowest BCUT2D eigenvalue weighted by molar-refractivity contribution is 0.413. The van der Waals surface area contributed by atoms with Crippen LogP contribution in [0, 0.1) is 0 Å². The van der Waals surface area contributed by atoms with Crippen molar-refractivity contribution in [1.29, 1.82) is 0 Å². The van der Waals surface area contributed by atoms with Gasteiger partial charge >= 0.3 is 0 Å². The molecular formula is C14H14ClNO3S. The van der Waals surface area contributed by atoms with Gasteiger partial charge in [0.25, 0.3) is 0 Å². The summed E-state index contributed by atoms with van der Waals surface area (Å²) in [5.41, 5.74) is 1.05. The van der Waals surface area contributed by atoms with Gasteiger partial charge in [-0.3, -0.25) is 4.98 Å². The Kier molecular flexibility index (Phi) is 4.62. The number of sulfone groups is 1. The molecule has 0 unspecified atom stereocenters. The van der Waals surface area contributed by atoms with Crippen LogP contribution in [0.2, 0.25) is 5.02 Å². The molecule has 0 N–H and O–H groups in total. The van der Waals surface area contributed by atoms with Crippen molar-refractivity contribution in [3.8, 4) is 5.75 Å². The molecule has 0 bridgehead atoms. The number of ether oxygens (including phenoxy) is 1. The van der Waals surface area contributed by atoms with Gasteiger partial charge < -0.3 is 4.74 Å². The first-order chi connectivity index (χ1) is 9.50. The molecule has 0 radical (unpaired) electrons. The third-order valence-electron chi connectivity index (χ3n) is 2.72. The summed E-state index contributed by atoms with van der Waals surface area (Å²) in [4.78, 5) is 4.04. The first kappa shape index (κ1) is 14.8. The zero-order valence-corrected chi connectivity index (χ0v) is 12.5. The SMILES string of the molecule is COc1ccnc(CS(=O)(=O)Cc2ccccc2Cl)c1. The fourth-order valence-electron chi connectivity index (χ4n) is 1.79. The average molecular weight is 312 g/mol. The van der Waals surface area contributed by atoms with Crippen molar-refractivity contribution in [3.05, 3.63) is 58.9 Å². The van der Waals surface area contributed by atoms with Gasteiger partial charge in [-0.1, -0.05) is 29.8 Å². The van der Waals surface area contributed by atoms with E-state index in [1.54, 1.807) is 36.4 Å². The van der Waals surface area contributed by atoms with Gasteiger partial charge in [0.05, 0.1) is 24.3 Å². The molecule has 20 heavy (non-hydrogen) atoms. The molecule has 6 heteroatoms. The summed E-state index contributed by atoms with van der Waals surface area (Å²) in [6.07, 6.45) is 1.53. The Hall–Kier alpha value is -1.59. The second kappa shape index (κ2) is 6.24. The molecule has 0 atom stereocenters. The van der Waals surface area contributed by atoms with Gasteiger partial charge in [0.2, 0.25) is 0 Å². The highest BCUT2D eigenvalue weighted by Crippen LogP contribution is 2.20. The van der Waals surface area contributed by atoms with Crippen molar-refractivity contribution in [2.45, 2.75) is 11.5 Å². The van der Waals surface area contributed by atoms with E-state index in [9.17, 15) is 8.42 Å². The standard InChI is InChI=1S/C14H14ClNO3S/c1-19-13-6-7-16-12(8-13)10-20(17,18)9-11-4-2-3-5-14(11)15/h2-8H,9-10H2,1H3. The Morgan fingerprint density at radius 3 is 2.65 bits per heavy atom. The number of hydrogen-bond donors (Lipinski definition) is 0. The number of benzene rings is 1. The third kappa shape index (κ3) is 3.95. The summed E-state index contributed by atoms with van der Waals surface area (Å²) in [6.45, 7) is 0. The summed E-state index contributed by atoms with van der Waals surface area (Å²) in [5, 5.41) is 0.453. The lowest BCUT2D eigenvalue weighted by Gasteiger charge is -2.07. The van der Waals surface area contributed by atoms with Gasteiger partial charge in [-0.25, -0.2) is 8.42 Å². The van der Waals surface area contributed by atoms with Crippen LogP contribution in [0.4, 0.5) is 0 Å². The van der Waals surface area contributed by atoms with E-state index in [0.717, 1.165) is 0 Å². The molecule has 0 spiro atoms. The fourth-order valence-corrected chi connectivity index (χ4v) is 3.51. The minimum atomic E-state index is -3.34. The second-order valence-corrected chi connectivity index (χ2v) is 6.78. The molecule has 1 aromatic carbocycles. The predicted molar refractivity (Wildman–Crippen MR) is 78.6 cm³/mol. The monoisotopic (exact) mass is 311 g/mol. The zero-order valence-electron chi connectivity index (χ0n) is 10.9. The van der Waals surface area contributed by atoms with Gasteiger partial charge in [-0.2, -0.15) is 0 Å². The summed E-state index contributed by atoms with van der Waals surface area (Å²) in [5.74, 6) is 0.337. The molecule has 0 aliphatic rings. The topological polar surface area (TPSA) is 56.3 Å². The van der Waals surface area contributed by atoms with Gasteiger partial charge in [-0.05, 0) is 17.7 Å². The molecule has 0 amide bonds. The van der Waals surface area contributed by atoms with E-state index >= 15 is 0 Å². The maximum atomic E-state index is 12.2. The molecular weight excluding hydrogens is 298 g/mol. The molecule has 2 aromatic rings. The minimum Gasteiger partial charge on any atom is -0.497 e. The van der Waals surface area contributed by atoms with Crippen LogP contribution in [-0.4, -0.2) is 20.5 Å². The van der Waals surface area contributed by atoms with Crippen molar-refractivity contribution in [1.82, 2.24) is 4.98 Å². The number of aromatic nitrogens is 1. The van der Waals surface area contributed by atoms with Gasteiger partial charge in [0.1, 0.15) is 5.75 Å². The van der Waals surface area contributed by atoms with E-state index in [2.05, 4.69) is 4.98 Å². The van der Waals surface area contributed by atoms with Crippen LogP contribution in [0.1, 0.15) is 11.3 Å². The number of methoxy groups -OCH3 is 1. The molecule has 0 saturated heterocycles. The van der Waals surface area contributed by atoms with E-state index in [0.29, 0.717) is 22.0 Å². The normalized spacial score (nSPS) is 11.3. The highest BCUT2D eigenvalue weighted by atomic mass is 35.5. The van der Waals surface area contributed by atoms with Crippen molar-refractivity contribution < 1.29 is 13.2 Å². The van der Waals surface area contributed by atoms with Crippen LogP contribution in [-0.2, 0) is 21.3 Å². The second-order valence-electron chi connectivity index (χ2n) is 4.31. The maximum absolute atomic E-state index is 12.2. The van der Waals surface area contributed by atoms with E-state index in [4.69, 9.17) is 16.3 Å². The van der Waals surface area contributed by atoms with E-state index in [-0.39, 0.29) is 11.5 Å². The van der Waals surface area contributed by atoms with Gasteiger partial charge in [-0.15, -0.1) is 0 Å². The van der Waals surface area contributed by atoms with Gasteiger partial charge in [0.15, 0.2) is 9.84 Å². The molecule has 1 aromatic heterocycles. The predicted octanol–water partition coefficient (Wildman–Crippen LogP) is 2.86. The van der Waals surface area contributed by atoms with E-state index in [1.165, 1.54) is 13.3 Å². The number of pyridine rings is 1. The number of halogens is 1. The fraction of sp³-hybridized carbons (Fsp3) is 0.214. The Morgan fingerprint density at radius 1 is 1.20 bits per heavy atom. The number of rotatable bonds is 5. The molecule has 0 aliphatic heterocycles. The Morgan fingerprint density at radius 2 is 1.95 bits per heavy atom. The summed E-state index contributed by atoms with van der Waals surface area (Å²) < 4.78 is 29.4. The molecule has 106 valence electrons. The average Bonchev–Trinajstić information content (AvgIpc) is 2.41. The molecule has 4 nitrogen and oxygen atoms in total. The number of nitrogens with zero attached hydrogens (tertiary/aromatic N) is 1. The van der Waals surface area contributed by atoms with Crippen LogP contribution in [0.25, 0.3) is 0 Å². The first-order valence-electron chi connectivity index (χ1n) is 5.93. The highest BCUT2D eigenvalue weighted by molar-refractivity contribution is 7.89. The smallest absolute Gasteiger partial charge is 0.160 e. The summed E-state index contributed by atoms with van der Waals surface area (Å²) >= 11 is 5.98. The largest absolute Gasteiger partial charge is 0.497 e. The van der Waals surface area contributed by atoms with Crippen molar-refractivity contribution >= 4 is 21.4 Å². The lowest BCUT2D eigenvalue weighted by Crippen LogP contribution is -2.09. The maximum Gasteiger partial charge on any atom is 0.160 e. The highest BCUT2D eigenvalue weighted by Gasteiger charge is 2.16. The van der Waals surface area contributed by atoms with Crippen LogP contribution < -0.4 is 4.74 Å². The van der Waals surface area contributed by atoms with Gasteiger partial charge in [0, 0.05) is 17.3 Å². The lowest BCUT2D eigenvalue weighted by atomic mass is 10.2. The van der Waals surface area contributed by atoms with E-state index < -0.39 is 9.84 Å². The van der Waals surface area contributed by atoms with Crippen LogP contribution in [0.3, 0.4) is 0 Å². The quantitative estimate of drug-likeness (QED) is 0.852. The summed E-state index contributed by atoms with van der Waals surface area (Å²) in [6, 6.07) is 10.2. The summed E-state index contributed by atoms with van der Waals surface area (Å²) in [7, 11) is -1.81. The number of hydrogen-bond acceptors (Lipinski definition) is 4. The molecule has 0 aliphatic carbocycles. The zero-order chi connectivity index (χ0) is 14.6. The molecule has 0 fully saturated rings. The van der Waals surface area contributed by atoms with Crippen LogP contribution in [0.15, 0.2) is 42.6 Å². The molecule has 2 rings (SSSR count). The Labute approximate surface area is 123 Å². The molecule has 0 saturated carbocycles. The minimum absolute atomic E-state index is 0.106.